The Morgan fingerprint density at radius 2 is 1.89 bits per heavy atom. The van der Waals surface area contributed by atoms with Crippen molar-refractivity contribution >= 4 is 38.4 Å². The number of rotatable bonds is 1. The van der Waals surface area contributed by atoms with Crippen LogP contribution in [-0.2, 0) is 0 Å². The van der Waals surface area contributed by atoms with E-state index >= 15 is 0 Å². The fourth-order valence-electron chi connectivity index (χ4n) is 1.81. The second kappa shape index (κ2) is 4.79. The number of para-hydroxylation sites is 1. The van der Waals surface area contributed by atoms with Crippen molar-refractivity contribution in [3.8, 4) is 11.5 Å². The van der Waals surface area contributed by atoms with Crippen LogP contribution in [0.2, 0.25) is 5.02 Å². The molecule has 1 heterocycles. The Balaban J connectivity index is 2.36. The zero-order chi connectivity index (χ0) is 13.4. The molecular formula is C14H7BrClNO2. The third-order valence-corrected chi connectivity index (χ3v) is 3.68. The van der Waals surface area contributed by atoms with Crippen LogP contribution in [0.25, 0.3) is 22.4 Å². The minimum atomic E-state index is -0.429. The van der Waals surface area contributed by atoms with E-state index in [4.69, 9.17) is 16.0 Å². The largest absolute Gasteiger partial charge is 0.403 e. The summed E-state index contributed by atoms with van der Waals surface area (Å²) in [6.45, 7) is 0. The first-order valence-corrected chi connectivity index (χ1v) is 6.68. The van der Waals surface area contributed by atoms with Gasteiger partial charge in [-0.2, -0.15) is 0 Å². The topological polar surface area (TPSA) is 43.1 Å². The maximum absolute atomic E-state index is 12.0. The lowest BCUT2D eigenvalue weighted by Crippen LogP contribution is -2.03. The first kappa shape index (κ1) is 12.4. The molecule has 0 spiro atoms. The molecule has 0 saturated heterocycles. The van der Waals surface area contributed by atoms with Gasteiger partial charge in [-0.1, -0.05) is 29.8 Å². The summed E-state index contributed by atoms with van der Waals surface area (Å²) in [5, 5.41) is 0.926. The molecule has 5 heteroatoms. The molecule has 0 aliphatic carbocycles. The predicted octanol–water partition coefficient (Wildman–Crippen LogP) is 4.27. The van der Waals surface area contributed by atoms with Crippen LogP contribution in [0.15, 0.2) is 56.1 Å². The molecule has 3 nitrogen and oxygen atoms in total. The summed E-state index contributed by atoms with van der Waals surface area (Å²) in [7, 11) is 0. The van der Waals surface area contributed by atoms with E-state index in [-0.39, 0.29) is 5.89 Å². The molecule has 0 unspecified atom stereocenters. The van der Waals surface area contributed by atoms with Crippen LogP contribution in [0, 0.1) is 0 Å². The zero-order valence-corrected chi connectivity index (χ0v) is 11.9. The van der Waals surface area contributed by atoms with Gasteiger partial charge in [-0.3, -0.25) is 0 Å². The van der Waals surface area contributed by atoms with Crippen molar-refractivity contribution in [2.45, 2.75) is 0 Å². The molecule has 0 N–H and O–H groups in total. The molecule has 0 saturated carbocycles. The van der Waals surface area contributed by atoms with Crippen molar-refractivity contribution < 1.29 is 4.42 Å². The van der Waals surface area contributed by atoms with Gasteiger partial charge in [0.2, 0.25) is 5.89 Å². The third-order valence-electron chi connectivity index (χ3n) is 2.71. The van der Waals surface area contributed by atoms with Gasteiger partial charge in [0, 0.05) is 4.47 Å². The maximum Gasteiger partial charge on any atom is 0.347 e. The summed E-state index contributed by atoms with van der Waals surface area (Å²) < 4.78 is 5.98. The van der Waals surface area contributed by atoms with Gasteiger partial charge in [0.1, 0.15) is 0 Å². The van der Waals surface area contributed by atoms with Crippen molar-refractivity contribution in [2.24, 2.45) is 0 Å². The van der Waals surface area contributed by atoms with Gasteiger partial charge in [0.05, 0.1) is 21.5 Å². The van der Waals surface area contributed by atoms with E-state index in [9.17, 15) is 4.79 Å². The normalized spacial score (nSPS) is 10.8. The Hall–Kier alpha value is -1.65. The fourth-order valence-corrected chi connectivity index (χ4v) is 2.48. The van der Waals surface area contributed by atoms with E-state index in [1.807, 2.05) is 12.1 Å². The van der Waals surface area contributed by atoms with Gasteiger partial charge in [0.15, 0.2) is 0 Å². The van der Waals surface area contributed by atoms with Gasteiger partial charge in [-0.05, 0) is 40.2 Å². The highest BCUT2D eigenvalue weighted by atomic mass is 79.9. The van der Waals surface area contributed by atoms with E-state index in [0.717, 1.165) is 4.47 Å². The summed E-state index contributed by atoms with van der Waals surface area (Å²) in [5.41, 5.74) is 0.730. The van der Waals surface area contributed by atoms with Crippen molar-refractivity contribution in [3.05, 3.63) is 62.4 Å². The molecule has 0 aliphatic heterocycles. The lowest BCUT2D eigenvalue weighted by molar-refractivity contribution is 0.518. The Bertz CT molecular complexity index is 829. The summed E-state index contributed by atoms with van der Waals surface area (Å²) >= 11 is 9.47. The minimum Gasteiger partial charge on any atom is -0.403 e. The SMILES string of the molecule is O=c1oc(-c2ccccc2Cl)nc2c(Br)cccc12. The van der Waals surface area contributed by atoms with E-state index in [2.05, 4.69) is 20.9 Å². The molecule has 19 heavy (non-hydrogen) atoms. The molecule has 0 aliphatic rings. The fraction of sp³-hybridized carbons (Fsp3) is 0. The highest BCUT2D eigenvalue weighted by Crippen LogP contribution is 2.28. The average Bonchev–Trinajstić information content (AvgIpc) is 2.40. The number of benzene rings is 2. The quantitative estimate of drug-likeness (QED) is 0.666. The Morgan fingerprint density at radius 3 is 2.68 bits per heavy atom. The smallest absolute Gasteiger partial charge is 0.347 e. The lowest BCUT2D eigenvalue weighted by atomic mass is 10.2. The van der Waals surface area contributed by atoms with Crippen LogP contribution in [-0.4, -0.2) is 4.98 Å². The van der Waals surface area contributed by atoms with Gasteiger partial charge in [-0.25, -0.2) is 9.78 Å². The maximum atomic E-state index is 12.0. The highest BCUT2D eigenvalue weighted by Gasteiger charge is 2.12. The number of hydrogen-bond donors (Lipinski definition) is 0. The first-order valence-electron chi connectivity index (χ1n) is 5.51. The molecular weight excluding hydrogens is 330 g/mol. The monoisotopic (exact) mass is 335 g/mol. The molecule has 1 aromatic heterocycles. The Labute approximate surface area is 122 Å². The lowest BCUT2D eigenvalue weighted by Gasteiger charge is -2.04. The molecule has 0 bridgehead atoms. The molecule has 2 aromatic carbocycles. The van der Waals surface area contributed by atoms with Gasteiger partial charge in [-0.15, -0.1) is 0 Å². The second-order valence-electron chi connectivity index (χ2n) is 3.92. The number of aromatic nitrogens is 1. The van der Waals surface area contributed by atoms with Gasteiger partial charge >= 0.3 is 5.63 Å². The second-order valence-corrected chi connectivity index (χ2v) is 5.18. The summed E-state index contributed by atoms with van der Waals surface area (Å²) in [6.07, 6.45) is 0. The number of nitrogens with zero attached hydrogens (tertiary/aromatic N) is 1. The third kappa shape index (κ3) is 2.17. The predicted molar refractivity (Wildman–Crippen MR) is 78.4 cm³/mol. The van der Waals surface area contributed by atoms with Crippen LogP contribution < -0.4 is 5.63 Å². The summed E-state index contributed by atoms with van der Waals surface area (Å²) in [5.74, 6) is 0.218. The molecule has 94 valence electrons. The zero-order valence-electron chi connectivity index (χ0n) is 9.56. The highest BCUT2D eigenvalue weighted by molar-refractivity contribution is 9.10. The molecule has 0 radical (unpaired) electrons. The molecule has 3 aromatic rings. The first-order chi connectivity index (χ1) is 9.16. The summed E-state index contributed by atoms with van der Waals surface area (Å²) in [4.78, 5) is 16.3. The van der Waals surface area contributed by atoms with Crippen LogP contribution in [0.4, 0.5) is 0 Å². The van der Waals surface area contributed by atoms with Crippen LogP contribution in [0.3, 0.4) is 0 Å². The molecule has 0 atom stereocenters. The molecule has 0 fully saturated rings. The van der Waals surface area contributed by atoms with Gasteiger partial charge in [0.25, 0.3) is 0 Å². The minimum absolute atomic E-state index is 0.218. The molecule has 0 amide bonds. The Morgan fingerprint density at radius 1 is 1.11 bits per heavy atom. The van der Waals surface area contributed by atoms with E-state index < -0.39 is 5.63 Å². The average molecular weight is 337 g/mol. The van der Waals surface area contributed by atoms with E-state index in [0.29, 0.717) is 21.5 Å². The molecule has 3 rings (SSSR count). The van der Waals surface area contributed by atoms with Gasteiger partial charge < -0.3 is 4.42 Å². The van der Waals surface area contributed by atoms with Crippen molar-refractivity contribution in [2.75, 3.05) is 0 Å². The standard InChI is InChI=1S/C14H7BrClNO2/c15-10-6-3-5-9-12(10)17-13(19-14(9)18)8-4-1-2-7-11(8)16/h1-7H. The van der Waals surface area contributed by atoms with Crippen molar-refractivity contribution in [3.63, 3.8) is 0 Å². The number of fused-ring (bicyclic) bond motifs is 1. The van der Waals surface area contributed by atoms with E-state index in [1.165, 1.54) is 0 Å². The van der Waals surface area contributed by atoms with Crippen molar-refractivity contribution in [1.82, 2.24) is 4.98 Å². The van der Waals surface area contributed by atoms with Crippen LogP contribution in [0.1, 0.15) is 0 Å². The number of halogens is 2. The van der Waals surface area contributed by atoms with Crippen LogP contribution in [0.5, 0.6) is 0 Å². The summed E-state index contributed by atoms with van der Waals surface area (Å²) in [6, 6.07) is 12.4. The van der Waals surface area contributed by atoms with E-state index in [1.54, 1.807) is 30.3 Å². The Kier molecular flexibility index (Phi) is 3.12. The van der Waals surface area contributed by atoms with Crippen LogP contribution >= 0.6 is 27.5 Å². The number of hydrogen-bond acceptors (Lipinski definition) is 3. The van der Waals surface area contributed by atoms with Crippen molar-refractivity contribution in [1.29, 1.82) is 0 Å².